The molecule has 0 saturated carbocycles. The second-order valence-corrected chi connectivity index (χ2v) is 5.74. The highest BCUT2D eigenvalue weighted by Gasteiger charge is 2.44. The Balaban J connectivity index is 2.62. The van der Waals surface area contributed by atoms with E-state index in [1.807, 2.05) is 0 Å². The average Bonchev–Trinajstić information content (AvgIpc) is 2.69. The van der Waals surface area contributed by atoms with E-state index in [1.165, 1.54) is 25.3 Å². The van der Waals surface area contributed by atoms with Crippen molar-refractivity contribution in [2.75, 3.05) is 13.7 Å². The summed E-state index contributed by atoms with van der Waals surface area (Å²) in [4.78, 5) is 11.0. The topological polar surface area (TPSA) is 146 Å². The third-order valence-corrected chi connectivity index (χ3v) is 3.70. The van der Waals surface area contributed by atoms with E-state index >= 15 is 0 Å². The number of hydrogen-bond donors (Lipinski definition) is 5. The number of hydrogen-bond acceptors (Lipinski definition) is 9. The van der Waals surface area contributed by atoms with Crippen LogP contribution in [0.25, 0.3) is 0 Å². The molecule has 1 heterocycles. The maximum Gasteiger partial charge on any atom is 0.308 e. The van der Waals surface area contributed by atoms with Crippen molar-refractivity contribution in [3.63, 3.8) is 0 Å². The van der Waals surface area contributed by atoms with Crippen LogP contribution in [0.5, 0.6) is 0 Å². The lowest BCUT2D eigenvalue weighted by Gasteiger charge is -2.40. The first-order valence-corrected chi connectivity index (χ1v) is 8.35. The lowest BCUT2D eigenvalue weighted by molar-refractivity contribution is -0.303. The molecule has 28 heavy (non-hydrogen) atoms. The molecular formula is C19H24O9. The van der Waals surface area contributed by atoms with E-state index in [9.17, 15) is 25.2 Å². The zero-order valence-corrected chi connectivity index (χ0v) is 15.3. The van der Waals surface area contributed by atoms with Gasteiger partial charge in [-0.25, -0.2) is 0 Å². The van der Waals surface area contributed by atoms with Gasteiger partial charge in [0.2, 0.25) is 0 Å². The molecule has 0 aromatic carbocycles. The van der Waals surface area contributed by atoms with Crippen LogP contribution in [0.1, 0.15) is 6.42 Å². The lowest BCUT2D eigenvalue weighted by Crippen LogP contribution is -2.59. The monoisotopic (exact) mass is 396 g/mol. The van der Waals surface area contributed by atoms with E-state index in [0.29, 0.717) is 0 Å². The SMILES string of the molecule is C=CC(C#CC#CC=CC(O)CC(=O)OC)O[C@@H]1O[C@H](CO)[C@@H](O)[C@H](O)[C@H]1O. The molecule has 1 rings (SSSR count). The van der Waals surface area contributed by atoms with Crippen LogP contribution in [-0.2, 0) is 19.0 Å². The Morgan fingerprint density at radius 2 is 1.96 bits per heavy atom. The molecule has 0 amide bonds. The molecule has 1 saturated heterocycles. The second-order valence-electron chi connectivity index (χ2n) is 5.74. The first-order valence-electron chi connectivity index (χ1n) is 8.35. The van der Waals surface area contributed by atoms with Gasteiger partial charge in [-0.05, 0) is 24.0 Å². The molecule has 0 aliphatic carbocycles. The molecular weight excluding hydrogens is 372 g/mol. The Kier molecular flexibility index (Phi) is 10.5. The Labute approximate surface area is 162 Å². The van der Waals surface area contributed by atoms with E-state index in [2.05, 4.69) is 35.0 Å². The van der Waals surface area contributed by atoms with Crippen molar-refractivity contribution in [3.05, 3.63) is 24.8 Å². The number of ether oxygens (including phenoxy) is 3. The quantitative estimate of drug-likeness (QED) is 0.185. The van der Waals surface area contributed by atoms with Gasteiger partial charge in [0.1, 0.15) is 30.5 Å². The first kappa shape index (κ1) is 23.8. The summed E-state index contributed by atoms with van der Waals surface area (Å²) in [7, 11) is 1.22. The number of allylic oxidation sites excluding steroid dienone is 1. The summed E-state index contributed by atoms with van der Waals surface area (Å²) in [6, 6.07) is 0. The van der Waals surface area contributed by atoms with E-state index in [0.717, 1.165) is 0 Å². The summed E-state index contributed by atoms with van der Waals surface area (Å²) >= 11 is 0. The van der Waals surface area contributed by atoms with Gasteiger partial charge in [0.25, 0.3) is 0 Å². The predicted octanol–water partition coefficient (Wildman–Crippen LogP) is -2.16. The minimum Gasteiger partial charge on any atom is -0.469 e. The van der Waals surface area contributed by atoms with E-state index in [4.69, 9.17) is 14.6 Å². The highest BCUT2D eigenvalue weighted by molar-refractivity contribution is 5.70. The van der Waals surface area contributed by atoms with Gasteiger partial charge in [-0.3, -0.25) is 4.79 Å². The van der Waals surface area contributed by atoms with Crippen LogP contribution in [0.4, 0.5) is 0 Å². The minimum absolute atomic E-state index is 0.189. The maximum absolute atomic E-state index is 11.0. The molecule has 0 radical (unpaired) electrons. The molecule has 1 aliphatic rings. The molecule has 2 unspecified atom stereocenters. The summed E-state index contributed by atoms with van der Waals surface area (Å²) in [6.45, 7) is 2.96. The smallest absolute Gasteiger partial charge is 0.308 e. The van der Waals surface area contributed by atoms with Crippen LogP contribution in [0, 0.1) is 23.7 Å². The molecule has 7 atom stereocenters. The summed E-state index contributed by atoms with van der Waals surface area (Å²) in [5.74, 6) is 9.53. The highest BCUT2D eigenvalue weighted by Crippen LogP contribution is 2.22. The van der Waals surface area contributed by atoms with Crippen LogP contribution in [-0.4, -0.2) is 88.1 Å². The Bertz CT molecular complexity index is 664. The van der Waals surface area contributed by atoms with Crippen molar-refractivity contribution in [3.8, 4) is 23.7 Å². The van der Waals surface area contributed by atoms with Crippen molar-refractivity contribution in [1.29, 1.82) is 0 Å². The predicted molar refractivity (Wildman–Crippen MR) is 96.2 cm³/mol. The van der Waals surface area contributed by atoms with Crippen molar-refractivity contribution in [2.45, 2.75) is 49.3 Å². The van der Waals surface area contributed by atoms with Crippen LogP contribution in [0.15, 0.2) is 24.8 Å². The van der Waals surface area contributed by atoms with E-state index in [1.54, 1.807) is 0 Å². The number of carbonyl (C=O) groups excluding carboxylic acids is 1. The largest absolute Gasteiger partial charge is 0.469 e. The third-order valence-electron chi connectivity index (χ3n) is 3.70. The lowest BCUT2D eigenvalue weighted by atomic mass is 9.99. The molecule has 1 fully saturated rings. The van der Waals surface area contributed by atoms with Crippen molar-refractivity contribution in [2.24, 2.45) is 0 Å². The fourth-order valence-electron chi connectivity index (χ4n) is 2.14. The number of aliphatic hydroxyl groups is 5. The third kappa shape index (κ3) is 7.43. The standard InChI is InChI=1S/C19H24O9/c1-3-13(9-7-5-4-6-8-12(21)10-15(22)26-2)27-19-18(25)17(24)16(23)14(11-20)28-19/h3,6,8,12-14,16-21,23-25H,1,10-11H2,2H3/t12?,13?,14-,16-,17+,18-,19-/m1/s1. The van der Waals surface area contributed by atoms with Crippen molar-refractivity contribution in [1.82, 2.24) is 0 Å². The molecule has 0 bridgehead atoms. The van der Waals surface area contributed by atoms with Gasteiger partial charge in [-0.2, -0.15) is 0 Å². The fourth-order valence-corrected chi connectivity index (χ4v) is 2.14. The second kappa shape index (κ2) is 12.3. The van der Waals surface area contributed by atoms with E-state index < -0.39 is 55.5 Å². The maximum atomic E-state index is 11.0. The summed E-state index contributed by atoms with van der Waals surface area (Å²) in [6.07, 6.45) is -5.21. The normalized spacial score (nSPS) is 29.0. The Morgan fingerprint density at radius 1 is 1.25 bits per heavy atom. The molecule has 9 heteroatoms. The van der Waals surface area contributed by atoms with Crippen molar-refractivity contribution < 1.29 is 44.5 Å². The molecule has 5 N–H and O–H groups in total. The van der Waals surface area contributed by atoms with E-state index in [-0.39, 0.29) is 6.42 Å². The van der Waals surface area contributed by atoms with Crippen LogP contribution in [0.3, 0.4) is 0 Å². The average molecular weight is 396 g/mol. The molecule has 0 aromatic heterocycles. The molecule has 154 valence electrons. The van der Waals surface area contributed by atoms with Gasteiger partial charge in [-0.1, -0.05) is 24.5 Å². The number of rotatable bonds is 7. The van der Waals surface area contributed by atoms with Gasteiger partial charge in [0.15, 0.2) is 6.29 Å². The van der Waals surface area contributed by atoms with Crippen LogP contribution >= 0.6 is 0 Å². The molecule has 0 aromatic rings. The highest BCUT2D eigenvalue weighted by atomic mass is 16.7. The molecule has 1 aliphatic heterocycles. The number of methoxy groups -OCH3 is 1. The number of aliphatic hydroxyl groups excluding tert-OH is 5. The van der Waals surface area contributed by atoms with Crippen molar-refractivity contribution >= 4 is 5.97 Å². The Hall–Kier alpha value is -2.21. The van der Waals surface area contributed by atoms with Gasteiger partial charge in [-0.15, -0.1) is 0 Å². The van der Waals surface area contributed by atoms with Gasteiger partial charge < -0.3 is 39.7 Å². The molecule has 0 spiro atoms. The molecule has 9 nitrogen and oxygen atoms in total. The summed E-state index contributed by atoms with van der Waals surface area (Å²) in [5, 5.41) is 48.0. The van der Waals surface area contributed by atoms with Crippen LogP contribution in [0.2, 0.25) is 0 Å². The van der Waals surface area contributed by atoms with Gasteiger partial charge >= 0.3 is 5.97 Å². The Morgan fingerprint density at radius 3 is 2.57 bits per heavy atom. The van der Waals surface area contributed by atoms with Crippen LogP contribution < -0.4 is 0 Å². The first-order chi connectivity index (χ1) is 13.3. The summed E-state index contributed by atoms with van der Waals surface area (Å²) in [5.41, 5.74) is 0. The number of carbonyl (C=O) groups is 1. The minimum atomic E-state index is -1.56. The van der Waals surface area contributed by atoms with Gasteiger partial charge in [0.05, 0.1) is 26.2 Å². The number of esters is 1. The fraction of sp³-hybridized carbons (Fsp3) is 0.526. The zero-order chi connectivity index (χ0) is 21.1. The zero-order valence-electron chi connectivity index (χ0n) is 15.3. The van der Waals surface area contributed by atoms with Gasteiger partial charge in [0, 0.05) is 0 Å². The summed E-state index contributed by atoms with van der Waals surface area (Å²) < 4.78 is 15.0.